The van der Waals surface area contributed by atoms with E-state index in [9.17, 15) is 9.59 Å². The van der Waals surface area contributed by atoms with Gasteiger partial charge in [-0.25, -0.2) is 9.78 Å². The van der Waals surface area contributed by atoms with Gasteiger partial charge < -0.3 is 19.7 Å². The van der Waals surface area contributed by atoms with Gasteiger partial charge in [-0.2, -0.15) is 0 Å². The second kappa shape index (κ2) is 7.02. The predicted octanol–water partition coefficient (Wildman–Crippen LogP) is 0.964. The standard InChI is InChI=1S/C16H25N5O2/c1-19-11-6-17-14(19)12-18-15(22)13-4-9-21(10-5-13)16(23)20-7-2-3-8-20/h6,11,13H,2-5,7-10,12H2,1H3,(H,18,22). The van der Waals surface area contributed by atoms with Gasteiger partial charge in [-0.3, -0.25) is 4.79 Å². The summed E-state index contributed by atoms with van der Waals surface area (Å²) in [5.41, 5.74) is 0. The summed E-state index contributed by atoms with van der Waals surface area (Å²) in [7, 11) is 1.91. The molecule has 0 spiro atoms. The molecule has 0 saturated carbocycles. The third-order valence-corrected chi connectivity index (χ3v) is 4.85. The summed E-state index contributed by atoms with van der Waals surface area (Å²) in [5, 5.41) is 2.96. The molecule has 1 aromatic rings. The Morgan fingerprint density at radius 1 is 1.17 bits per heavy atom. The Hall–Kier alpha value is -2.05. The monoisotopic (exact) mass is 319 g/mol. The van der Waals surface area contributed by atoms with Crippen molar-refractivity contribution in [3.63, 3.8) is 0 Å². The van der Waals surface area contributed by atoms with Crippen molar-refractivity contribution in [1.29, 1.82) is 0 Å². The van der Waals surface area contributed by atoms with E-state index < -0.39 is 0 Å². The van der Waals surface area contributed by atoms with Gasteiger partial charge >= 0.3 is 6.03 Å². The van der Waals surface area contributed by atoms with Crippen LogP contribution in [0.5, 0.6) is 0 Å². The molecule has 2 saturated heterocycles. The Morgan fingerprint density at radius 3 is 2.43 bits per heavy atom. The zero-order chi connectivity index (χ0) is 16.2. The van der Waals surface area contributed by atoms with Gasteiger partial charge in [0, 0.05) is 51.5 Å². The Bertz CT molecular complexity index is 557. The van der Waals surface area contributed by atoms with Crippen molar-refractivity contribution in [3.05, 3.63) is 18.2 Å². The van der Waals surface area contributed by atoms with Crippen molar-refractivity contribution >= 4 is 11.9 Å². The minimum absolute atomic E-state index is 0.00195. The minimum atomic E-state index is -0.00195. The van der Waals surface area contributed by atoms with Crippen molar-refractivity contribution in [2.24, 2.45) is 13.0 Å². The smallest absolute Gasteiger partial charge is 0.319 e. The van der Waals surface area contributed by atoms with E-state index in [4.69, 9.17) is 0 Å². The number of aromatic nitrogens is 2. The maximum absolute atomic E-state index is 12.3. The van der Waals surface area contributed by atoms with Crippen LogP contribution in [0, 0.1) is 5.92 Å². The third-order valence-electron chi connectivity index (χ3n) is 4.85. The maximum atomic E-state index is 12.3. The number of rotatable bonds is 3. The molecule has 0 aliphatic carbocycles. The number of nitrogens with zero attached hydrogens (tertiary/aromatic N) is 4. The van der Waals surface area contributed by atoms with E-state index in [0.717, 1.165) is 44.6 Å². The van der Waals surface area contributed by atoms with Crippen molar-refractivity contribution in [3.8, 4) is 0 Å². The van der Waals surface area contributed by atoms with E-state index in [2.05, 4.69) is 10.3 Å². The van der Waals surface area contributed by atoms with Crippen LogP contribution in [0.15, 0.2) is 12.4 Å². The molecule has 23 heavy (non-hydrogen) atoms. The number of likely N-dealkylation sites (tertiary alicyclic amines) is 2. The lowest BCUT2D eigenvalue weighted by Gasteiger charge is -2.34. The summed E-state index contributed by atoms with van der Waals surface area (Å²) in [6.07, 6.45) is 7.29. The van der Waals surface area contributed by atoms with Crippen LogP contribution < -0.4 is 5.32 Å². The molecule has 2 aliphatic heterocycles. The van der Waals surface area contributed by atoms with Gasteiger partial charge in [0.15, 0.2) is 0 Å². The van der Waals surface area contributed by atoms with Crippen molar-refractivity contribution in [2.75, 3.05) is 26.2 Å². The maximum Gasteiger partial charge on any atom is 0.319 e. The van der Waals surface area contributed by atoms with E-state index in [-0.39, 0.29) is 17.9 Å². The third kappa shape index (κ3) is 3.65. The summed E-state index contributed by atoms with van der Waals surface area (Å²) in [4.78, 5) is 32.6. The Kier molecular flexibility index (Phi) is 4.83. The number of hydrogen-bond donors (Lipinski definition) is 1. The second-order valence-corrected chi connectivity index (χ2v) is 6.41. The number of hydrogen-bond acceptors (Lipinski definition) is 3. The largest absolute Gasteiger partial charge is 0.349 e. The van der Waals surface area contributed by atoms with Crippen LogP contribution in [0.2, 0.25) is 0 Å². The summed E-state index contributed by atoms with van der Waals surface area (Å²) in [6.45, 7) is 3.56. The Labute approximate surface area is 136 Å². The summed E-state index contributed by atoms with van der Waals surface area (Å²) in [5.74, 6) is 0.916. The lowest BCUT2D eigenvalue weighted by atomic mass is 9.96. The number of carbonyl (C=O) groups excluding carboxylic acids is 2. The van der Waals surface area contributed by atoms with Crippen molar-refractivity contribution in [2.45, 2.75) is 32.2 Å². The summed E-state index contributed by atoms with van der Waals surface area (Å²) < 4.78 is 1.90. The highest BCUT2D eigenvalue weighted by Gasteiger charge is 2.30. The molecule has 1 aromatic heterocycles. The van der Waals surface area contributed by atoms with Crippen molar-refractivity contribution < 1.29 is 9.59 Å². The highest BCUT2D eigenvalue weighted by Crippen LogP contribution is 2.20. The van der Waals surface area contributed by atoms with Gasteiger partial charge in [0.2, 0.25) is 5.91 Å². The first-order valence-electron chi connectivity index (χ1n) is 8.43. The SMILES string of the molecule is Cn1ccnc1CNC(=O)C1CCN(C(=O)N2CCCC2)CC1. The molecule has 0 aromatic carbocycles. The van der Waals surface area contributed by atoms with E-state index in [1.165, 1.54) is 0 Å². The van der Waals surface area contributed by atoms with Gasteiger partial charge in [-0.05, 0) is 25.7 Å². The molecule has 0 atom stereocenters. The van der Waals surface area contributed by atoms with Crippen LogP contribution >= 0.6 is 0 Å². The number of piperidine rings is 1. The minimum Gasteiger partial charge on any atom is -0.349 e. The van der Waals surface area contributed by atoms with Gasteiger partial charge in [-0.15, -0.1) is 0 Å². The lowest BCUT2D eigenvalue weighted by molar-refractivity contribution is -0.126. The molecule has 7 heteroatoms. The number of carbonyl (C=O) groups is 2. The Morgan fingerprint density at radius 2 is 1.83 bits per heavy atom. The first-order chi connectivity index (χ1) is 11.1. The molecule has 1 N–H and O–H groups in total. The molecule has 0 radical (unpaired) electrons. The fourth-order valence-electron chi connectivity index (χ4n) is 3.32. The molecule has 2 aliphatic rings. The Balaban J connectivity index is 1.44. The molecule has 3 rings (SSSR count). The topological polar surface area (TPSA) is 70.5 Å². The van der Waals surface area contributed by atoms with E-state index in [1.54, 1.807) is 6.20 Å². The molecule has 3 amide bonds. The van der Waals surface area contributed by atoms with Crippen LogP contribution in [0.3, 0.4) is 0 Å². The van der Waals surface area contributed by atoms with Crippen LogP contribution in [0.4, 0.5) is 4.79 Å². The average Bonchev–Trinajstić information content (AvgIpc) is 3.24. The fourth-order valence-corrected chi connectivity index (χ4v) is 3.32. The van der Waals surface area contributed by atoms with E-state index in [0.29, 0.717) is 19.6 Å². The van der Waals surface area contributed by atoms with Gasteiger partial charge in [0.1, 0.15) is 5.82 Å². The number of urea groups is 1. The fraction of sp³-hybridized carbons (Fsp3) is 0.688. The van der Waals surface area contributed by atoms with Crippen LogP contribution in [-0.2, 0) is 18.4 Å². The van der Waals surface area contributed by atoms with Crippen molar-refractivity contribution in [1.82, 2.24) is 24.7 Å². The normalized spacial score (nSPS) is 19.2. The zero-order valence-electron chi connectivity index (χ0n) is 13.7. The molecular formula is C16H25N5O2. The number of amides is 3. The molecule has 0 unspecified atom stereocenters. The summed E-state index contributed by atoms with van der Waals surface area (Å²) >= 11 is 0. The highest BCUT2D eigenvalue weighted by atomic mass is 16.2. The van der Waals surface area contributed by atoms with Crippen LogP contribution in [0.25, 0.3) is 0 Å². The first-order valence-corrected chi connectivity index (χ1v) is 8.43. The average molecular weight is 319 g/mol. The van der Waals surface area contributed by atoms with Crippen LogP contribution in [0.1, 0.15) is 31.5 Å². The quantitative estimate of drug-likeness (QED) is 0.902. The number of imidazole rings is 1. The summed E-state index contributed by atoms with van der Waals surface area (Å²) in [6, 6.07) is 0.148. The predicted molar refractivity (Wildman–Crippen MR) is 85.6 cm³/mol. The highest BCUT2D eigenvalue weighted by molar-refractivity contribution is 5.79. The van der Waals surface area contributed by atoms with E-state index >= 15 is 0 Å². The van der Waals surface area contributed by atoms with E-state index in [1.807, 2.05) is 27.6 Å². The van der Waals surface area contributed by atoms with Crippen LogP contribution in [-0.4, -0.2) is 57.5 Å². The molecular weight excluding hydrogens is 294 g/mol. The molecule has 2 fully saturated rings. The number of aryl methyl sites for hydroxylation is 1. The number of nitrogens with one attached hydrogen (secondary N) is 1. The van der Waals surface area contributed by atoms with Gasteiger partial charge in [0.25, 0.3) is 0 Å². The zero-order valence-corrected chi connectivity index (χ0v) is 13.7. The first kappa shape index (κ1) is 15.8. The van der Waals surface area contributed by atoms with Gasteiger partial charge in [-0.1, -0.05) is 0 Å². The lowest BCUT2D eigenvalue weighted by Crippen LogP contribution is -2.47. The molecule has 126 valence electrons. The molecule has 3 heterocycles. The molecule has 0 bridgehead atoms. The van der Waals surface area contributed by atoms with Gasteiger partial charge in [0.05, 0.1) is 6.54 Å². The second-order valence-electron chi connectivity index (χ2n) is 6.41. The molecule has 7 nitrogen and oxygen atoms in total.